The van der Waals surface area contributed by atoms with Gasteiger partial charge in [0.15, 0.2) is 0 Å². The van der Waals surface area contributed by atoms with Crippen LogP contribution in [0.5, 0.6) is 0 Å². The molecule has 0 aromatic heterocycles. The fraction of sp³-hybridized carbons (Fsp3) is 0.789. The number of carbonyl (C=O) groups excluding carboxylic acids is 2. The normalized spacial score (nSPS) is 11.7. The second-order valence-electron chi connectivity index (χ2n) is 6.11. The first-order valence-electron chi connectivity index (χ1n) is 9.18. The maximum Gasteiger partial charge on any atom is 0.328 e. The van der Waals surface area contributed by atoms with Crippen molar-refractivity contribution in [2.45, 2.75) is 90.5 Å². The molecule has 0 saturated heterocycles. The highest BCUT2D eigenvalue weighted by Crippen LogP contribution is 2.09. The molecule has 0 heterocycles. The molecule has 0 aromatic rings. The molecule has 0 spiro atoms. The van der Waals surface area contributed by atoms with Crippen molar-refractivity contribution in [1.82, 2.24) is 5.32 Å². The second-order valence-corrected chi connectivity index (χ2v) is 6.11. The number of unbranched alkanes of at least 4 members (excludes halogenated alkanes) is 8. The summed E-state index contributed by atoms with van der Waals surface area (Å²) in [5, 5.41) is 2.68. The monoisotopic (exact) mass is 325 g/mol. The summed E-state index contributed by atoms with van der Waals surface area (Å²) in [7, 11) is 0. The Bertz CT molecular complexity index is 329. The number of ether oxygens (including phenoxy) is 1. The largest absolute Gasteiger partial charge is 0.464 e. The number of esters is 1. The Morgan fingerprint density at radius 2 is 1.65 bits per heavy atom. The van der Waals surface area contributed by atoms with E-state index >= 15 is 0 Å². The molecule has 0 radical (unpaired) electrons. The number of nitrogens with one attached hydrogen (secondary N) is 1. The van der Waals surface area contributed by atoms with E-state index in [1.54, 1.807) is 6.92 Å². The molecule has 0 saturated carbocycles. The van der Waals surface area contributed by atoms with E-state index in [1.807, 2.05) is 13.0 Å². The molecule has 0 rings (SSSR count). The maximum atomic E-state index is 11.7. The number of rotatable bonds is 15. The Kier molecular flexibility index (Phi) is 14.7. The zero-order valence-corrected chi connectivity index (χ0v) is 15.1. The van der Waals surface area contributed by atoms with E-state index in [-0.39, 0.29) is 11.9 Å². The number of allylic oxidation sites excluding steroid dienone is 1. The molecule has 23 heavy (non-hydrogen) atoms. The van der Waals surface area contributed by atoms with E-state index in [2.05, 4.69) is 11.9 Å². The second kappa shape index (κ2) is 15.6. The first-order chi connectivity index (χ1) is 11.1. The minimum Gasteiger partial charge on any atom is -0.464 e. The minimum atomic E-state index is -0.552. The number of hydrogen-bond donors (Lipinski definition) is 1. The molecule has 0 bridgehead atoms. The smallest absolute Gasteiger partial charge is 0.328 e. The van der Waals surface area contributed by atoms with Crippen molar-refractivity contribution in [2.24, 2.45) is 0 Å². The molecule has 0 fully saturated rings. The van der Waals surface area contributed by atoms with Crippen LogP contribution in [0.15, 0.2) is 12.7 Å². The van der Waals surface area contributed by atoms with E-state index in [0.717, 1.165) is 32.1 Å². The summed E-state index contributed by atoms with van der Waals surface area (Å²) in [6.07, 6.45) is 13.6. The maximum absolute atomic E-state index is 11.7. The lowest BCUT2D eigenvalue weighted by Crippen LogP contribution is -2.39. The SMILES string of the molecule is C=CCCCCCCCCCOC(=O)C(C)NC(=O)CCCC. The van der Waals surface area contributed by atoms with Gasteiger partial charge in [0.2, 0.25) is 5.91 Å². The fourth-order valence-corrected chi connectivity index (χ4v) is 2.28. The molecule has 1 amide bonds. The lowest BCUT2D eigenvalue weighted by Gasteiger charge is -2.13. The molecule has 4 heteroatoms. The number of carbonyl (C=O) groups is 2. The molecule has 134 valence electrons. The van der Waals surface area contributed by atoms with Crippen LogP contribution < -0.4 is 5.32 Å². The zero-order chi connectivity index (χ0) is 17.3. The van der Waals surface area contributed by atoms with Gasteiger partial charge in [-0.25, -0.2) is 4.79 Å². The van der Waals surface area contributed by atoms with E-state index in [1.165, 1.54) is 32.1 Å². The summed E-state index contributed by atoms with van der Waals surface area (Å²) in [5.41, 5.74) is 0. The summed E-state index contributed by atoms with van der Waals surface area (Å²) < 4.78 is 5.20. The van der Waals surface area contributed by atoms with Crippen LogP contribution in [-0.2, 0) is 14.3 Å². The van der Waals surface area contributed by atoms with Gasteiger partial charge in [0, 0.05) is 6.42 Å². The Morgan fingerprint density at radius 3 is 2.26 bits per heavy atom. The first-order valence-corrected chi connectivity index (χ1v) is 9.18. The predicted octanol–water partition coefficient (Wildman–Crippen LogP) is 4.53. The van der Waals surface area contributed by atoms with E-state index in [9.17, 15) is 9.59 Å². The Morgan fingerprint density at radius 1 is 1.04 bits per heavy atom. The van der Waals surface area contributed by atoms with Crippen LogP contribution in [0.3, 0.4) is 0 Å². The molecule has 0 aliphatic rings. The lowest BCUT2D eigenvalue weighted by atomic mass is 10.1. The quantitative estimate of drug-likeness (QED) is 0.273. The van der Waals surface area contributed by atoms with Gasteiger partial charge in [-0.1, -0.05) is 51.5 Å². The van der Waals surface area contributed by atoms with Crippen molar-refractivity contribution in [3.63, 3.8) is 0 Å². The van der Waals surface area contributed by atoms with Gasteiger partial charge in [0.1, 0.15) is 6.04 Å². The van der Waals surface area contributed by atoms with Crippen LogP contribution in [0.2, 0.25) is 0 Å². The third-order valence-electron chi connectivity index (χ3n) is 3.79. The average molecular weight is 325 g/mol. The minimum absolute atomic E-state index is 0.0762. The van der Waals surface area contributed by atoms with Gasteiger partial charge in [0.05, 0.1) is 6.61 Å². The molecular weight excluding hydrogens is 290 g/mol. The summed E-state index contributed by atoms with van der Waals surface area (Å²) in [5.74, 6) is -0.410. The third kappa shape index (κ3) is 14.0. The highest BCUT2D eigenvalue weighted by Gasteiger charge is 2.16. The van der Waals surface area contributed by atoms with Crippen LogP contribution >= 0.6 is 0 Å². The average Bonchev–Trinajstić information content (AvgIpc) is 2.54. The van der Waals surface area contributed by atoms with Crippen molar-refractivity contribution in [3.05, 3.63) is 12.7 Å². The number of amides is 1. The van der Waals surface area contributed by atoms with Crippen molar-refractivity contribution in [2.75, 3.05) is 6.61 Å². The molecule has 4 nitrogen and oxygen atoms in total. The fourth-order valence-electron chi connectivity index (χ4n) is 2.28. The third-order valence-corrected chi connectivity index (χ3v) is 3.79. The Balaban J connectivity index is 3.48. The van der Waals surface area contributed by atoms with Gasteiger partial charge >= 0.3 is 5.97 Å². The van der Waals surface area contributed by atoms with E-state index in [4.69, 9.17) is 4.74 Å². The molecule has 0 aromatic carbocycles. The van der Waals surface area contributed by atoms with Crippen LogP contribution in [0.25, 0.3) is 0 Å². The predicted molar refractivity (Wildman–Crippen MR) is 95.2 cm³/mol. The summed E-state index contributed by atoms with van der Waals surface area (Å²) in [6, 6.07) is -0.552. The molecule has 0 aliphatic carbocycles. The van der Waals surface area contributed by atoms with Crippen LogP contribution in [0.1, 0.15) is 84.5 Å². The topological polar surface area (TPSA) is 55.4 Å². The lowest BCUT2D eigenvalue weighted by molar-refractivity contribution is -0.147. The highest BCUT2D eigenvalue weighted by molar-refractivity contribution is 5.84. The molecule has 1 N–H and O–H groups in total. The standard InChI is InChI=1S/C19H35NO3/c1-4-6-8-9-10-11-12-13-14-16-23-19(22)17(3)20-18(21)15-7-5-2/h4,17H,1,5-16H2,2-3H3,(H,20,21). The van der Waals surface area contributed by atoms with Crippen LogP contribution in [0.4, 0.5) is 0 Å². The van der Waals surface area contributed by atoms with Crippen molar-refractivity contribution in [1.29, 1.82) is 0 Å². The Hall–Kier alpha value is -1.32. The van der Waals surface area contributed by atoms with Crippen molar-refractivity contribution < 1.29 is 14.3 Å². The summed E-state index contributed by atoms with van der Waals surface area (Å²) >= 11 is 0. The van der Waals surface area contributed by atoms with E-state index in [0.29, 0.717) is 13.0 Å². The van der Waals surface area contributed by atoms with Crippen LogP contribution in [0, 0.1) is 0 Å². The molecule has 1 atom stereocenters. The summed E-state index contributed by atoms with van der Waals surface area (Å²) in [4.78, 5) is 23.3. The van der Waals surface area contributed by atoms with Crippen LogP contribution in [-0.4, -0.2) is 24.5 Å². The van der Waals surface area contributed by atoms with Gasteiger partial charge in [-0.3, -0.25) is 4.79 Å². The summed E-state index contributed by atoms with van der Waals surface area (Å²) in [6.45, 7) is 7.88. The molecular formula is C19H35NO3. The van der Waals surface area contributed by atoms with Gasteiger partial charge < -0.3 is 10.1 Å². The van der Waals surface area contributed by atoms with Gasteiger partial charge in [-0.2, -0.15) is 0 Å². The molecule has 0 aliphatic heterocycles. The van der Waals surface area contributed by atoms with Crippen molar-refractivity contribution in [3.8, 4) is 0 Å². The van der Waals surface area contributed by atoms with Gasteiger partial charge in [-0.15, -0.1) is 6.58 Å². The highest BCUT2D eigenvalue weighted by atomic mass is 16.5. The Labute approximate surface area is 142 Å². The van der Waals surface area contributed by atoms with Crippen molar-refractivity contribution >= 4 is 11.9 Å². The molecule has 1 unspecified atom stereocenters. The van der Waals surface area contributed by atoms with Gasteiger partial charge in [-0.05, 0) is 32.6 Å². The first kappa shape index (κ1) is 21.7. The zero-order valence-electron chi connectivity index (χ0n) is 15.1. The number of hydrogen-bond acceptors (Lipinski definition) is 3. The van der Waals surface area contributed by atoms with Gasteiger partial charge in [0.25, 0.3) is 0 Å². The van der Waals surface area contributed by atoms with E-state index < -0.39 is 6.04 Å².